The number of hydrogen-bond donors (Lipinski definition) is 0. The summed E-state index contributed by atoms with van der Waals surface area (Å²) in [7, 11) is 0. The van der Waals surface area contributed by atoms with Crippen molar-refractivity contribution in [2.75, 3.05) is 0 Å². The van der Waals surface area contributed by atoms with E-state index in [4.69, 9.17) is 0 Å². The minimum absolute atomic E-state index is 0. The highest BCUT2D eigenvalue weighted by Crippen LogP contribution is 2.26. The third-order valence-corrected chi connectivity index (χ3v) is 4.20. The quantitative estimate of drug-likeness (QED) is 0.518. The van der Waals surface area contributed by atoms with Crippen molar-refractivity contribution < 1.29 is 17.0 Å². The summed E-state index contributed by atoms with van der Waals surface area (Å²) in [6, 6.07) is 15.4. The van der Waals surface area contributed by atoms with Gasteiger partial charge in [-0.15, -0.1) is 0 Å². The van der Waals surface area contributed by atoms with E-state index in [0.717, 1.165) is 13.0 Å². The largest absolute Gasteiger partial charge is 1.00 e. The highest BCUT2D eigenvalue weighted by atomic mass is 35.5. The summed E-state index contributed by atoms with van der Waals surface area (Å²) >= 11 is 0. The number of nitrogens with zero attached hydrogens (tertiary/aromatic N) is 1. The maximum absolute atomic E-state index is 2.32. The fraction of sp³-hybridized carbons (Fsp3) is 0.450. The zero-order valence-electron chi connectivity index (χ0n) is 13.8. The Morgan fingerprint density at radius 3 is 2.05 bits per heavy atom. The topological polar surface area (TPSA) is 3.88 Å². The predicted octanol–water partition coefficient (Wildman–Crippen LogP) is 2.10. The first kappa shape index (κ1) is 18.7. The second kappa shape index (κ2) is 10.4. The minimum atomic E-state index is 0. The van der Waals surface area contributed by atoms with E-state index >= 15 is 0 Å². The average molecular weight is 318 g/mol. The van der Waals surface area contributed by atoms with Crippen LogP contribution in [0.4, 0.5) is 0 Å². The van der Waals surface area contributed by atoms with Crippen LogP contribution in [-0.2, 0) is 6.54 Å². The number of benzene rings is 1. The molecule has 0 N–H and O–H groups in total. The predicted molar refractivity (Wildman–Crippen MR) is 89.4 cm³/mol. The molecule has 0 aliphatic heterocycles. The SMILES string of the molecule is CCCCCC[n+]1ccc(C(CC)c2ccccc2)cc1.[Cl-]. The van der Waals surface area contributed by atoms with Gasteiger partial charge in [-0.25, -0.2) is 4.57 Å². The van der Waals surface area contributed by atoms with Crippen LogP contribution in [0.25, 0.3) is 0 Å². The van der Waals surface area contributed by atoms with Gasteiger partial charge in [-0.1, -0.05) is 57.0 Å². The van der Waals surface area contributed by atoms with Crippen molar-refractivity contribution in [1.29, 1.82) is 0 Å². The number of halogens is 1. The highest BCUT2D eigenvalue weighted by molar-refractivity contribution is 5.30. The van der Waals surface area contributed by atoms with Crippen LogP contribution in [0.2, 0.25) is 0 Å². The zero-order chi connectivity index (χ0) is 14.9. The Hall–Kier alpha value is -1.34. The fourth-order valence-corrected chi connectivity index (χ4v) is 2.92. The van der Waals surface area contributed by atoms with Crippen LogP contribution in [0.1, 0.15) is 63.0 Å². The van der Waals surface area contributed by atoms with Crippen LogP contribution < -0.4 is 17.0 Å². The van der Waals surface area contributed by atoms with Crippen molar-refractivity contribution >= 4 is 0 Å². The molecule has 0 aliphatic rings. The van der Waals surface area contributed by atoms with Gasteiger partial charge in [0.25, 0.3) is 0 Å². The Morgan fingerprint density at radius 1 is 0.818 bits per heavy atom. The second-order valence-corrected chi connectivity index (χ2v) is 5.80. The van der Waals surface area contributed by atoms with Crippen molar-refractivity contribution in [1.82, 2.24) is 0 Å². The monoisotopic (exact) mass is 317 g/mol. The Labute approximate surface area is 141 Å². The number of pyridine rings is 1. The number of aryl methyl sites for hydroxylation is 1. The summed E-state index contributed by atoms with van der Waals surface area (Å²) in [4.78, 5) is 0. The van der Waals surface area contributed by atoms with Gasteiger partial charge >= 0.3 is 0 Å². The molecule has 1 atom stereocenters. The van der Waals surface area contributed by atoms with Gasteiger partial charge in [-0.3, -0.25) is 0 Å². The van der Waals surface area contributed by atoms with Gasteiger partial charge in [0.15, 0.2) is 12.4 Å². The number of hydrogen-bond acceptors (Lipinski definition) is 0. The van der Waals surface area contributed by atoms with Gasteiger partial charge in [0.05, 0.1) is 0 Å². The van der Waals surface area contributed by atoms with Crippen LogP contribution in [0.15, 0.2) is 54.9 Å². The molecule has 1 unspecified atom stereocenters. The smallest absolute Gasteiger partial charge is 0.169 e. The first-order valence-electron chi connectivity index (χ1n) is 8.39. The number of aromatic nitrogens is 1. The lowest BCUT2D eigenvalue weighted by molar-refractivity contribution is -0.697. The Bertz CT molecular complexity index is 507. The summed E-state index contributed by atoms with van der Waals surface area (Å²) in [6.07, 6.45) is 10.9. The molecule has 0 amide bonds. The molecule has 2 aromatic rings. The standard InChI is InChI=1S/C20H28N.ClH/c1-3-5-6-10-15-21-16-13-19(14-17-21)20(4-2)18-11-8-7-9-12-18;/h7-9,11-14,16-17,20H,3-6,10,15H2,1-2H3;1H/q+1;/p-1. The third-order valence-electron chi connectivity index (χ3n) is 4.20. The van der Waals surface area contributed by atoms with Crippen LogP contribution in [0.3, 0.4) is 0 Å². The van der Waals surface area contributed by atoms with Gasteiger partial charge in [0.2, 0.25) is 0 Å². The first-order chi connectivity index (χ1) is 10.3. The molecule has 0 aliphatic carbocycles. The van der Waals surface area contributed by atoms with Gasteiger partial charge in [-0.05, 0) is 24.0 Å². The highest BCUT2D eigenvalue weighted by Gasteiger charge is 2.13. The minimum Gasteiger partial charge on any atom is -1.00 e. The molecule has 0 radical (unpaired) electrons. The molecule has 1 aromatic heterocycles. The molecule has 0 saturated heterocycles. The van der Waals surface area contributed by atoms with Gasteiger partial charge in [-0.2, -0.15) is 0 Å². The zero-order valence-corrected chi connectivity index (χ0v) is 14.6. The summed E-state index contributed by atoms with van der Waals surface area (Å²) in [5.74, 6) is 0.515. The summed E-state index contributed by atoms with van der Waals surface area (Å²) in [5, 5.41) is 0. The van der Waals surface area contributed by atoms with E-state index in [-0.39, 0.29) is 12.4 Å². The van der Waals surface area contributed by atoms with Crippen LogP contribution in [0.5, 0.6) is 0 Å². The van der Waals surface area contributed by atoms with E-state index in [0.29, 0.717) is 5.92 Å². The molecule has 1 heterocycles. The van der Waals surface area contributed by atoms with Crippen molar-refractivity contribution in [3.05, 3.63) is 66.0 Å². The van der Waals surface area contributed by atoms with E-state index in [9.17, 15) is 0 Å². The molecular formula is C20H28ClN. The summed E-state index contributed by atoms with van der Waals surface area (Å²) < 4.78 is 2.32. The molecule has 120 valence electrons. The molecule has 0 bridgehead atoms. The Morgan fingerprint density at radius 2 is 1.45 bits per heavy atom. The normalized spacial score (nSPS) is 11.7. The lowest BCUT2D eigenvalue weighted by atomic mass is 9.90. The van der Waals surface area contributed by atoms with Crippen LogP contribution in [0, 0.1) is 0 Å². The maximum atomic E-state index is 2.32. The Balaban J connectivity index is 0.00000242. The molecule has 22 heavy (non-hydrogen) atoms. The number of rotatable bonds is 8. The van der Waals surface area contributed by atoms with Crippen molar-refractivity contribution in [2.45, 2.75) is 58.4 Å². The molecular weight excluding hydrogens is 290 g/mol. The molecule has 0 saturated carbocycles. The van der Waals surface area contributed by atoms with E-state index in [1.165, 1.54) is 36.8 Å². The van der Waals surface area contributed by atoms with E-state index in [2.05, 4.69) is 73.3 Å². The van der Waals surface area contributed by atoms with Gasteiger partial charge in [0, 0.05) is 24.5 Å². The van der Waals surface area contributed by atoms with Gasteiger partial charge < -0.3 is 12.4 Å². The van der Waals surface area contributed by atoms with Crippen LogP contribution >= 0.6 is 0 Å². The first-order valence-corrected chi connectivity index (χ1v) is 8.39. The van der Waals surface area contributed by atoms with Crippen molar-refractivity contribution in [3.8, 4) is 0 Å². The van der Waals surface area contributed by atoms with Crippen molar-refractivity contribution in [3.63, 3.8) is 0 Å². The molecule has 0 spiro atoms. The molecule has 2 heteroatoms. The summed E-state index contributed by atoms with van der Waals surface area (Å²) in [5.41, 5.74) is 2.84. The maximum Gasteiger partial charge on any atom is 0.169 e. The second-order valence-electron chi connectivity index (χ2n) is 5.80. The van der Waals surface area contributed by atoms with Crippen molar-refractivity contribution in [2.24, 2.45) is 0 Å². The lowest BCUT2D eigenvalue weighted by Gasteiger charge is -2.15. The van der Waals surface area contributed by atoms with E-state index < -0.39 is 0 Å². The molecule has 2 rings (SSSR count). The van der Waals surface area contributed by atoms with E-state index in [1.807, 2.05) is 0 Å². The molecule has 1 nitrogen and oxygen atoms in total. The average Bonchev–Trinajstić information content (AvgIpc) is 2.55. The van der Waals surface area contributed by atoms with Gasteiger partial charge in [0.1, 0.15) is 6.54 Å². The molecule has 0 fully saturated rings. The lowest BCUT2D eigenvalue weighted by Crippen LogP contribution is -3.00. The summed E-state index contributed by atoms with van der Waals surface area (Å²) in [6.45, 7) is 5.67. The van der Waals surface area contributed by atoms with Crippen LogP contribution in [-0.4, -0.2) is 0 Å². The Kier molecular flexibility index (Phi) is 8.84. The molecule has 1 aromatic carbocycles. The van der Waals surface area contributed by atoms with E-state index in [1.54, 1.807) is 0 Å². The fourth-order valence-electron chi connectivity index (χ4n) is 2.92. The number of unbranched alkanes of at least 4 members (excludes halogenated alkanes) is 3. The third kappa shape index (κ3) is 5.46.